The molecular formula is C10H18N6S. The number of guanidine groups is 1. The molecule has 0 unspecified atom stereocenters. The molecule has 94 valence electrons. The highest BCUT2D eigenvalue weighted by atomic mass is 32.1. The van der Waals surface area contributed by atoms with E-state index in [2.05, 4.69) is 31.1 Å². The number of nitrogens with zero attached hydrogens (tertiary/aromatic N) is 5. The third kappa shape index (κ3) is 2.66. The van der Waals surface area contributed by atoms with Gasteiger partial charge in [-0.25, -0.2) is 4.98 Å². The molecule has 0 atom stereocenters. The van der Waals surface area contributed by atoms with E-state index in [4.69, 9.17) is 5.73 Å². The number of hydrogen-bond donors (Lipinski definition) is 1. The van der Waals surface area contributed by atoms with Crippen LogP contribution in [0.3, 0.4) is 0 Å². The normalized spacial score (nSPS) is 17.6. The summed E-state index contributed by atoms with van der Waals surface area (Å²) in [5.41, 5.74) is 5.79. The molecule has 1 fully saturated rings. The third-order valence-corrected chi connectivity index (χ3v) is 3.69. The molecule has 0 saturated carbocycles. The lowest BCUT2D eigenvalue weighted by Crippen LogP contribution is -2.51. The highest BCUT2D eigenvalue weighted by Crippen LogP contribution is 2.19. The maximum atomic E-state index is 5.79. The van der Waals surface area contributed by atoms with Crippen molar-refractivity contribution in [3.63, 3.8) is 0 Å². The van der Waals surface area contributed by atoms with Gasteiger partial charge in [-0.1, -0.05) is 6.92 Å². The summed E-state index contributed by atoms with van der Waals surface area (Å²) in [6.45, 7) is 5.71. The zero-order valence-corrected chi connectivity index (χ0v) is 11.1. The predicted molar refractivity (Wildman–Crippen MR) is 70.6 cm³/mol. The van der Waals surface area contributed by atoms with E-state index in [-0.39, 0.29) is 0 Å². The highest BCUT2D eigenvalue weighted by Gasteiger charge is 2.20. The average molecular weight is 254 g/mol. The van der Waals surface area contributed by atoms with Crippen molar-refractivity contribution in [2.75, 3.05) is 38.1 Å². The fourth-order valence-electron chi connectivity index (χ4n) is 1.79. The Bertz CT molecular complexity index is 393. The van der Waals surface area contributed by atoms with Gasteiger partial charge < -0.3 is 15.5 Å². The highest BCUT2D eigenvalue weighted by molar-refractivity contribution is 7.09. The minimum atomic E-state index is 0.621. The summed E-state index contributed by atoms with van der Waals surface area (Å²) >= 11 is 1.48. The van der Waals surface area contributed by atoms with E-state index in [0.717, 1.165) is 43.6 Å². The molecule has 1 aliphatic rings. The Hall–Kier alpha value is -1.37. The van der Waals surface area contributed by atoms with Gasteiger partial charge in [0.15, 0.2) is 5.96 Å². The van der Waals surface area contributed by atoms with Crippen molar-refractivity contribution < 1.29 is 0 Å². The van der Waals surface area contributed by atoms with E-state index in [0.29, 0.717) is 5.96 Å². The largest absolute Gasteiger partial charge is 0.370 e. The Kier molecular flexibility index (Phi) is 3.78. The summed E-state index contributed by atoms with van der Waals surface area (Å²) in [6, 6.07) is 0. The first kappa shape index (κ1) is 12.1. The number of aryl methyl sites for hydroxylation is 1. The van der Waals surface area contributed by atoms with Crippen LogP contribution < -0.4 is 10.6 Å². The van der Waals surface area contributed by atoms with Crippen LogP contribution in [-0.2, 0) is 6.42 Å². The zero-order chi connectivity index (χ0) is 12.3. The van der Waals surface area contributed by atoms with Crippen LogP contribution in [0.25, 0.3) is 0 Å². The van der Waals surface area contributed by atoms with Gasteiger partial charge in [-0.15, -0.1) is 0 Å². The summed E-state index contributed by atoms with van der Waals surface area (Å²) in [4.78, 5) is 12.9. The molecular weight excluding hydrogens is 236 g/mol. The number of anilines is 1. The first-order valence-corrected chi connectivity index (χ1v) is 6.56. The Morgan fingerprint density at radius 3 is 2.65 bits per heavy atom. The molecule has 1 aromatic heterocycles. The monoisotopic (exact) mass is 254 g/mol. The average Bonchev–Trinajstić information content (AvgIpc) is 2.87. The topological polar surface area (TPSA) is 70.6 Å². The molecule has 2 N–H and O–H groups in total. The van der Waals surface area contributed by atoms with E-state index in [1.54, 1.807) is 7.05 Å². The molecule has 0 amide bonds. The van der Waals surface area contributed by atoms with Gasteiger partial charge in [0, 0.05) is 51.2 Å². The summed E-state index contributed by atoms with van der Waals surface area (Å²) in [7, 11) is 1.72. The van der Waals surface area contributed by atoms with E-state index in [1.165, 1.54) is 11.5 Å². The Balaban J connectivity index is 1.95. The van der Waals surface area contributed by atoms with Crippen LogP contribution in [0.1, 0.15) is 12.7 Å². The van der Waals surface area contributed by atoms with Crippen LogP contribution in [0.2, 0.25) is 0 Å². The summed E-state index contributed by atoms with van der Waals surface area (Å²) in [6.07, 6.45) is 0.895. The number of piperazine rings is 1. The van der Waals surface area contributed by atoms with Crippen LogP contribution in [0.15, 0.2) is 4.99 Å². The van der Waals surface area contributed by atoms with Crippen LogP contribution in [-0.4, -0.2) is 53.4 Å². The van der Waals surface area contributed by atoms with Gasteiger partial charge in [0.25, 0.3) is 0 Å². The minimum absolute atomic E-state index is 0.621. The molecule has 1 saturated heterocycles. The Morgan fingerprint density at radius 1 is 1.41 bits per heavy atom. The lowest BCUT2D eigenvalue weighted by atomic mass is 10.3. The lowest BCUT2D eigenvalue weighted by molar-refractivity contribution is 0.381. The van der Waals surface area contributed by atoms with E-state index < -0.39 is 0 Å². The van der Waals surface area contributed by atoms with Gasteiger partial charge in [-0.3, -0.25) is 4.99 Å². The van der Waals surface area contributed by atoms with Crippen molar-refractivity contribution in [3.05, 3.63) is 5.82 Å². The zero-order valence-electron chi connectivity index (χ0n) is 10.3. The van der Waals surface area contributed by atoms with Crippen LogP contribution >= 0.6 is 11.5 Å². The molecule has 2 heterocycles. The second kappa shape index (κ2) is 5.31. The molecule has 6 nitrogen and oxygen atoms in total. The summed E-state index contributed by atoms with van der Waals surface area (Å²) in [5, 5.41) is 1.02. The van der Waals surface area contributed by atoms with Crippen molar-refractivity contribution in [1.29, 1.82) is 0 Å². The first-order valence-electron chi connectivity index (χ1n) is 5.79. The first-order chi connectivity index (χ1) is 8.24. The summed E-state index contributed by atoms with van der Waals surface area (Å²) in [5.74, 6) is 1.55. The summed E-state index contributed by atoms with van der Waals surface area (Å²) < 4.78 is 4.31. The molecule has 1 aromatic rings. The minimum Gasteiger partial charge on any atom is -0.370 e. The van der Waals surface area contributed by atoms with Crippen molar-refractivity contribution in [2.45, 2.75) is 13.3 Å². The molecule has 1 aliphatic heterocycles. The number of rotatable bonds is 2. The molecule has 2 rings (SSSR count). The van der Waals surface area contributed by atoms with Gasteiger partial charge >= 0.3 is 0 Å². The Morgan fingerprint density at radius 2 is 2.12 bits per heavy atom. The second-order valence-corrected chi connectivity index (χ2v) is 4.63. The van der Waals surface area contributed by atoms with Gasteiger partial charge in [-0.2, -0.15) is 4.37 Å². The smallest absolute Gasteiger partial charge is 0.205 e. The fraction of sp³-hybridized carbons (Fsp3) is 0.700. The number of aliphatic imine (C=N–C) groups is 1. The predicted octanol–water partition coefficient (Wildman–Crippen LogP) is 0.167. The second-order valence-electron chi connectivity index (χ2n) is 3.90. The number of aromatic nitrogens is 2. The van der Waals surface area contributed by atoms with Gasteiger partial charge in [0.2, 0.25) is 5.13 Å². The van der Waals surface area contributed by atoms with E-state index in [9.17, 15) is 0 Å². The van der Waals surface area contributed by atoms with E-state index in [1.807, 2.05) is 0 Å². The van der Waals surface area contributed by atoms with Crippen LogP contribution in [0.5, 0.6) is 0 Å². The quantitative estimate of drug-likeness (QED) is 0.601. The van der Waals surface area contributed by atoms with Crippen molar-refractivity contribution in [1.82, 2.24) is 14.3 Å². The van der Waals surface area contributed by atoms with Gasteiger partial charge in [0.1, 0.15) is 5.82 Å². The van der Waals surface area contributed by atoms with Gasteiger partial charge in [0.05, 0.1) is 0 Å². The van der Waals surface area contributed by atoms with Crippen molar-refractivity contribution in [2.24, 2.45) is 10.7 Å². The number of nitrogens with two attached hydrogens (primary N) is 1. The molecule has 7 heteroatoms. The molecule has 17 heavy (non-hydrogen) atoms. The number of hydrogen-bond acceptors (Lipinski definition) is 5. The standard InChI is InChI=1S/C10H18N6S/c1-3-8-13-10(17-14-8)16-6-4-15(5-7-16)9(11)12-2/h3-7H2,1-2H3,(H2,11,12). The van der Waals surface area contributed by atoms with Crippen molar-refractivity contribution in [3.8, 4) is 0 Å². The molecule has 0 radical (unpaired) electrons. The molecule has 0 bridgehead atoms. The fourth-order valence-corrected chi connectivity index (χ4v) is 2.59. The van der Waals surface area contributed by atoms with Crippen molar-refractivity contribution >= 4 is 22.6 Å². The molecule has 0 spiro atoms. The van der Waals surface area contributed by atoms with E-state index >= 15 is 0 Å². The van der Waals surface area contributed by atoms with Gasteiger partial charge in [-0.05, 0) is 0 Å². The Labute approximate surface area is 105 Å². The SMILES string of the molecule is CCc1nsc(N2CCN(C(N)=NC)CC2)n1. The molecule has 0 aromatic carbocycles. The molecule has 0 aliphatic carbocycles. The third-order valence-electron chi connectivity index (χ3n) is 2.88. The maximum absolute atomic E-state index is 5.79. The maximum Gasteiger partial charge on any atom is 0.205 e. The van der Waals surface area contributed by atoms with Crippen LogP contribution in [0.4, 0.5) is 5.13 Å². The lowest BCUT2D eigenvalue weighted by Gasteiger charge is -2.34. The van der Waals surface area contributed by atoms with Crippen LogP contribution in [0, 0.1) is 0 Å².